The van der Waals surface area contributed by atoms with E-state index in [-0.39, 0.29) is 11.8 Å². The van der Waals surface area contributed by atoms with Crippen molar-refractivity contribution in [3.05, 3.63) is 0 Å². The topological polar surface area (TPSA) is 46.3 Å². The molecule has 1 aliphatic heterocycles. The number of fused-ring (bicyclic) bond motifs is 1. The van der Waals surface area contributed by atoms with Gasteiger partial charge in [0.2, 0.25) is 5.91 Å². The van der Waals surface area contributed by atoms with E-state index >= 15 is 0 Å². The number of hydrogen-bond acceptors (Lipinski definition) is 2. The lowest BCUT2D eigenvalue weighted by Crippen LogP contribution is -2.30. The first kappa shape index (κ1) is 10.9. The van der Waals surface area contributed by atoms with Gasteiger partial charge in [0, 0.05) is 19.0 Å². The molecule has 1 aliphatic carbocycles. The van der Waals surface area contributed by atoms with Crippen LogP contribution in [0.15, 0.2) is 0 Å². The monoisotopic (exact) mass is 210 g/mol. The van der Waals surface area contributed by atoms with Gasteiger partial charge in [-0.15, -0.1) is 0 Å². The molecule has 1 saturated heterocycles. The highest BCUT2D eigenvalue weighted by molar-refractivity contribution is 5.80. The van der Waals surface area contributed by atoms with E-state index in [1.54, 1.807) is 0 Å². The second-order valence-electron chi connectivity index (χ2n) is 6.33. The Morgan fingerprint density at radius 1 is 1.33 bits per heavy atom. The number of rotatable bonds is 3. The van der Waals surface area contributed by atoms with Gasteiger partial charge in [-0.25, -0.2) is 0 Å². The van der Waals surface area contributed by atoms with Crippen LogP contribution < -0.4 is 5.73 Å². The third kappa shape index (κ3) is 2.33. The van der Waals surface area contributed by atoms with Crippen LogP contribution >= 0.6 is 0 Å². The molecule has 2 N–H and O–H groups in total. The molecule has 1 heterocycles. The van der Waals surface area contributed by atoms with Crippen molar-refractivity contribution in [1.82, 2.24) is 4.90 Å². The summed E-state index contributed by atoms with van der Waals surface area (Å²) in [5, 5.41) is 0. The number of nitrogens with zero attached hydrogens (tertiary/aromatic N) is 1. The second-order valence-corrected chi connectivity index (χ2v) is 6.33. The predicted octanol–water partition coefficient (Wildman–Crippen LogP) is 1.09. The van der Waals surface area contributed by atoms with Gasteiger partial charge >= 0.3 is 0 Å². The number of carbonyl (C=O) groups excluding carboxylic acids is 1. The molecule has 0 aromatic rings. The van der Waals surface area contributed by atoms with Gasteiger partial charge < -0.3 is 10.6 Å². The smallest absolute Gasteiger partial charge is 0.221 e. The van der Waals surface area contributed by atoms with Crippen molar-refractivity contribution in [1.29, 1.82) is 0 Å². The minimum atomic E-state index is -0.0829. The number of hydrogen-bond donors (Lipinski definition) is 1. The van der Waals surface area contributed by atoms with Crippen molar-refractivity contribution >= 4 is 5.91 Å². The maximum Gasteiger partial charge on any atom is 0.221 e. The van der Waals surface area contributed by atoms with E-state index in [1.807, 2.05) is 0 Å². The van der Waals surface area contributed by atoms with Crippen molar-refractivity contribution in [3.63, 3.8) is 0 Å². The van der Waals surface area contributed by atoms with E-state index in [0.29, 0.717) is 17.3 Å². The average Bonchev–Trinajstić information content (AvgIpc) is 2.59. The summed E-state index contributed by atoms with van der Waals surface area (Å²) in [6, 6.07) is 0. The van der Waals surface area contributed by atoms with Gasteiger partial charge in [-0.2, -0.15) is 0 Å². The fraction of sp³-hybridized carbons (Fsp3) is 0.917. The fourth-order valence-corrected chi connectivity index (χ4v) is 2.71. The largest absolute Gasteiger partial charge is 0.369 e. The molecule has 1 saturated carbocycles. The molecule has 2 fully saturated rings. The summed E-state index contributed by atoms with van der Waals surface area (Å²) < 4.78 is 0. The average molecular weight is 210 g/mol. The molecule has 86 valence electrons. The highest BCUT2D eigenvalue weighted by atomic mass is 16.1. The highest BCUT2D eigenvalue weighted by Crippen LogP contribution is 2.51. The standard InChI is InChI=1S/C12H22N2O/c1-12(2,3)4-5-14-6-8-9(7-14)10(8)11(13)15/h8-10H,4-7H2,1-3H3,(H2,13,15). The van der Waals surface area contributed by atoms with Crippen LogP contribution in [-0.4, -0.2) is 30.4 Å². The van der Waals surface area contributed by atoms with Crippen LogP contribution in [0.1, 0.15) is 27.2 Å². The molecule has 2 unspecified atom stereocenters. The fourth-order valence-electron chi connectivity index (χ4n) is 2.71. The summed E-state index contributed by atoms with van der Waals surface area (Å²) in [7, 11) is 0. The van der Waals surface area contributed by atoms with Crippen molar-refractivity contribution in [2.75, 3.05) is 19.6 Å². The molecular formula is C12H22N2O. The number of amides is 1. The van der Waals surface area contributed by atoms with Crippen LogP contribution in [0.4, 0.5) is 0 Å². The van der Waals surface area contributed by atoms with E-state index in [0.717, 1.165) is 13.1 Å². The Labute approximate surface area is 92.0 Å². The van der Waals surface area contributed by atoms with Gasteiger partial charge in [0.05, 0.1) is 0 Å². The van der Waals surface area contributed by atoms with Crippen molar-refractivity contribution < 1.29 is 4.79 Å². The molecule has 0 aromatic heterocycles. The van der Waals surface area contributed by atoms with Crippen molar-refractivity contribution in [2.45, 2.75) is 27.2 Å². The Hall–Kier alpha value is -0.570. The Balaban J connectivity index is 1.72. The zero-order valence-corrected chi connectivity index (χ0v) is 9.99. The van der Waals surface area contributed by atoms with Crippen LogP contribution in [0, 0.1) is 23.2 Å². The van der Waals surface area contributed by atoms with E-state index in [2.05, 4.69) is 25.7 Å². The summed E-state index contributed by atoms with van der Waals surface area (Å²) in [6.45, 7) is 10.2. The van der Waals surface area contributed by atoms with Gasteiger partial charge in [0.25, 0.3) is 0 Å². The SMILES string of the molecule is CC(C)(C)CCN1CC2C(C1)C2C(N)=O. The number of carbonyl (C=O) groups is 1. The molecule has 3 heteroatoms. The number of nitrogens with two attached hydrogens (primary N) is 1. The molecule has 0 bridgehead atoms. The Kier molecular flexibility index (Phi) is 2.53. The predicted molar refractivity (Wildman–Crippen MR) is 60.2 cm³/mol. The maximum atomic E-state index is 11.0. The van der Waals surface area contributed by atoms with Crippen LogP contribution in [0.25, 0.3) is 0 Å². The van der Waals surface area contributed by atoms with E-state index in [1.165, 1.54) is 13.0 Å². The van der Waals surface area contributed by atoms with E-state index in [9.17, 15) is 4.79 Å². The molecule has 1 amide bonds. The lowest BCUT2D eigenvalue weighted by molar-refractivity contribution is -0.120. The van der Waals surface area contributed by atoms with E-state index in [4.69, 9.17) is 5.73 Å². The molecule has 0 aromatic carbocycles. The van der Waals surface area contributed by atoms with Gasteiger partial charge in [0.1, 0.15) is 0 Å². The molecule has 0 spiro atoms. The van der Waals surface area contributed by atoms with Crippen molar-refractivity contribution in [2.24, 2.45) is 28.9 Å². The van der Waals surface area contributed by atoms with Crippen LogP contribution in [0.2, 0.25) is 0 Å². The summed E-state index contributed by atoms with van der Waals surface area (Å²) in [5.74, 6) is 1.29. The molecule has 15 heavy (non-hydrogen) atoms. The minimum absolute atomic E-state index is 0.0829. The van der Waals surface area contributed by atoms with Crippen LogP contribution in [0.3, 0.4) is 0 Å². The summed E-state index contributed by atoms with van der Waals surface area (Å²) in [6.07, 6.45) is 1.23. The van der Waals surface area contributed by atoms with Crippen molar-refractivity contribution in [3.8, 4) is 0 Å². The van der Waals surface area contributed by atoms with E-state index < -0.39 is 0 Å². The first-order chi connectivity index (χ1) is 6.88. The third-order valence-electron chi connectivity index (χ3n) is 3.78. The number of likely N-dealkylation sites (tertiary alicyclic amines) is 1. The lowest BCUT2D eigenvalue weighted by atomic mass is 9.92. The molecule has 0 radical (unpaired) electrons. The normalized spacial score (nSPS) is 35.3. The van der Waals surface area contributed by atoms with Gasteiger partial charge in [-0.3, -0.25) is 4.79 Å². The minimum Gasteiger partial charge on any atom is -0.369 e. The van der Waals surface area contributed by atoms with Crippen LogP contribution in [0.5, 0.6) is 0 Å². The maximum absolute atomic E-state index is 11.0. The van der Waals surface area contributed by atoms with Crippen LogP contribution in [-0.2, 0) is 4.79 Å². The highest BCUT2D eigenvalue weighted by Gasteiger charge is 2.58. The first-order valence-electron chi connectivity index (χ1n) is 5.90. The molecule has 2 aliphatic rings. The molecule has 3 nitrogen and oxygen atoms in total. The first-order valence-corrected chi connectivity index (χ1v) is 5.90. The van der Waals surface area contributed by atoms with Gasteiger partial charge in [-0.1, -0.05) is 20.8 Å². The summed E-state index contributed by atoms with van der Waals surface area (Å²) >= 11 is 0. The summed E-state index contributed by atoms with van der Waals surface area (Å²) in [4.78, 5) is 13.5. The Bertz CT molecular complexity index is 257. The van der Waals surface area contributed by atoms with Gasteiger partial charge in [0.15, 0.2) is 0 Å². The lowest BCUT2D eigenvalue weighted by Gasteiger charge is -2.24. The molecule has 2 atom stereocenters. The number of piperidine rings is 1. The number of primary amides is 1. The molecule has 2 rings (SSSR count). The Morgan fingerprint density at radius 3 is 2.27 bits per heavy atom. The molecular weight excluding hydrogens is 188 g/mol. The zero-order chi connectivity index (χ0) is 11.2. The van der Waals surface area contributed by atoms with Gasteiger partial charge in [-0.05, 0) is 30.2 Å². The Morgan fingerprint density at radius 2 is 1.87 bits per heavy atom. The third-order valence-corrected chi connectivity index (χ3v) is 3.78. The summed E-state index contributed by atoms with van der Waals surface area (Å²) in [5.41, 5.74) is 5.73. The second kappa shape index (κ2) is 3.48. The zero-order valence-electron chi connectivity index (χ0n) is 9.99. The quantitative estimate of drug-likeness (QED) is 0.758.